The molecule has 0 unspecified atom stereocenters. The largest absolute Gasteiger partial charge is 0.496 e. The van der Waals surface area contributed by atoms with Crippen molar-refractivity contribution in [1.29, 1.82) is 0 Å². The predicted molar refractivity (Wildman–Crippen MR) is 123 cm³/mol. The number of aryl methyl sites for hydroxylation is 1. The molecule has 1 aliphatic heterocycles. The third-order valence-corrected chi connectivity index (χ3v) is 7.73. The fourth-order valence-electron chi connectivity index (χ4n) is 3.97. The molecule has 0 saturated carbocycles. The Kier molecular flexibility index (Phi) is 8.15. The average molecular weight is 461 g/mol. The van der Waals surface area contributed by atoms with Gasteiger partial charge in [-0.05, 0) is 49.1 Å². The quantitative estimate of drug-likeness (QED) is 0.573. The SMILES string of the molecule is COc1ccc(S(=O)(=O)N2CCCCC2)cc1CCC(=O)N(C)Cc1ccccc1OC. The summed E-state index contributed by atoms with van der Waals surface area (Å²) >= 11 is 0. The molecular formula is C24H32N2O5S. The number of carbonyl (C=O) groups is 1. The Hall–Kier alpha value is -2.58. The summed E-state index contributed by atoms with van der Waals surface area (Å²) in [4.78, 5) is 14.7. The molecule has 0 bridgehead atoms. The van der Waals surface area contributed by atoms with Gasteiger partial charge in [-0.25, -0.2) is 8.42 Å². The molecule has 3 rings (SSSR count). The van der Waals surface area contributed by atoms with Gasteiger partial charge in [-0.3, -0.25) is 4.79 Å². The molecule has 8 heteroatoms. The van der Waals surface area contributed by atoms with E-state index >= 15 is 0 Å². The van der Waals surface area contributed by atoms with Crippen LogP contribution in [-0.2, 0) is 27.8 Å². The predicted octanol–water partition coefficient (Wildman–Crippen LogP) is 3.47. The Morgan fingerprint density at radius 2 is 1.62 bits per heavy atom. The molecule has 1 fully saturated rings. The second-order valence-corrected chi connectivity index (χ2v) is 9.94. The van der Waals surface area contributed by atoms with E-state index in [1.807, 2.05) is 24.3 Å². The van der Waals surface area contributed by atoms with E-state index < -0.39 is 10.0 Å². The van der Waals surface area contributed by atoms with Crippen molar-refractivity contribution in [2.45, 2.75) is 43.5 Å². The van der Waals surface area contributed by atoms with Gasteiger partial charge in [0.2, 0.25) is 15.9 Å². The second-order valence-electron chi connectivity index (χ2n) is 8.00. The van der Waals surface area contributed by atoms with E-state index in [9.17, 15) is 13.2 Å². The highest BCUT2D eigenvalue weighted by molar-refractivity contribution is 7.89. The fourth-order valence-corrected chi connectivity index (χ4v) is 5.54. The lowest BCUT2D eigenvalue weighted by Crippen LogP contribution is -2.35. The van der Waals surface area contributed by atoms with Crippen molar-refractivity contribution in [3.05, 3.63) is 53.6 Å². The molecule has 1 amide bonds. The third kappa shape index (κ3) is 5.61. The molecular weight excluding hydrogens is 428 g/mol. The van der Waals surface area contributed by atoms with Crippen LogP contribution in [0.25, 0.3) is 0 Å². The number of benzene rings is 2. The summed E-state index contributed by atoms with van der Waals surface area (Å²) in [5.74, 6) is 1.29. The molecule has 2 aromatic carbocycles. The summed E-state index contributed by atoms with van der Waals surface area (Å²) in [5, 5.41) is 0. The summed E-state index contributed by atoms with van der Waals surface area (Å²) in [5.41, 5.74) is 1.64. The normalized spacial score (nSPS) is 14.7. The van der Waals surface area contributed by atoms with Crippen molar-refractivity contribution in [3.63, 3.8) is 0 Å². The first kappa shape index (κ1) is 24.1. The Balaban J connectivity index is 1.70. The number of hydrogen-bond acceptors (Lipinski definition) is 5. The Morgan fingerprint density at radius 1 is 0.969 bits per heavy atom. The zero-order valence-electron chi connectivity index (χ0n) is 19.0. The second kappa shape index (κ2) is 10.8. The Labute approximate surface area is 191 Å². The number of para-hydroxylation sites is 1. The van der Waals surface area contributed by atoms with Crippen molar-refractivity contribution < 1.29 is 22.7 Å². The van der Waals surface area contributed by atoms with Crippen LogP contribution in [0.5, 0.6) is 11.5 Å². The molecule has 0 atom stereocenters. The van der Waals surface area contributed by atoms with E-state index in [2.05, 4.69) is 0 Å². The standard InChI is InChI=1S/C24H32N2O5S/c1-25(18-20-9-5-6-10-22(20)30-2)24(27)14-11-19-17-21(12-13-23(19)31-3)32(28,29)26-15-7-4-8-16-26/h5-6,9-10,12-13,17H,4,7-8,11,14-16,18H2,1-3H3. The molecule has 7 nitrogen and oxygen atoms in total. The van der Waals surface area contributed by atoms with Crippen LogP contribution in [-0.4, -0.2) is 57.9 Å². The number of sulfonamides is 1. The maximum absolute atomic E-state index is 13.0. The maximum atomic E-state index is 13.0. The number of ether oxygens (including phenoxy) is 2. The lowest BCUT2D eigenvalue weighted by molar-refractivity contribution is -0.130. The molecule has 0 aromatic heterocycles. The third-order valence-electron chi connectivity index (χ3n) is 5.84. The number of carbonyl (C=O) groups excluding carboxylic acids is 1. The van der Waals surface area contributed by atoms with Gasteiger partial charge in [-0.2, -0.15) is 4.31 Å². The molecule has 0 N–H and O–H groups in total. The van der Waals surface area contributed by atoms with Crippen LogP contribution in [0.15, 0.2) is 47.4 Å². The minimum atomic E-state index is -3.54. The average Bonchev–Trinajstić information content (AvgIpc) is 2.83. The summed E-state index contributed by atoms with van der Waals surface area (Å²) in [6.07, 6.45) is 3.46. The highest BCUT2D eigenvalue weighted by atomic mass is 32.2. The summed E-state index contributed by atoms with van der Waals surface area (Å²) in [6, 6.07) is 12.5. The fraction of sp³-hybridized carbons (Fsp3) is 0.458. The van der Waals surface area contributed by atoms with E-state index in [0.29, 0.717) is 37.4 Å². The van der Waals surface area contributed by atoms with Gasteiger partial charge in [0.15, 0.2) is 0 Å². The number of rotatable bonds is 9. The van der Waals surface area contributed by atoms with E-state index in [1.54, 1.807) is 48.7 Å². The highest BCUT2D eigenvalue weighted by Gasteiger charge is 2.26. The van der Waals surface area contributed by atoms with E-state index in [4.69, 9.17) is 9.47 Å². The zero-order valence-corrected chi connectivity index (χ0v) is 19.9. The van der Waals surface area contributed by atoms with Gasteiger partial charge in [0.25, 0.3) is 0 Å². The molecule has 0 radical (unpaired) electrons. The number of hydrogen-bond donors (Lipinski definition) is 0. The number of piperidine rings is 1. The minimum Gasteiger partial charge on any atom is -0.496 e. The lowest BCUT2D eigenvalue weighted by Gasteiger charge is -2.26. The molecule has 174 valence electrons. The van der Waals surface area contributed by atoms with Crippen molar-refractivity contribution in [1.82, 2.24) is 9.21 Å². The summed E-state index contributed by atoms with van der Waals surface area (Å²) in [6.45, 7) is 1.54. The topological polar surface area (TPSA) is 76.2 Å². The van der Waals surface area contributed by atoms with Crippen molar-refractivity contribution in [2.24, 2.45) is 0 Å². The van der Waals surface area contributed by atoms with E-state index in [0.717, 1.165) is 30.6 Å². The Morgan fingerprint density at radius 3 is 2.31 bits per heavy atom. The van der Waals surface area contributed by atoms with Crippen molar-refractivity contribution >= 4 is 15.9 Å². The number of nitrogens with zero attached hydrogens (tertiary/aromatic N) is 2. The van der Waals surface area contributed by atoms with Crippen LogP contribution in [0.1, 0.15) is 36.8 Å². The summed E-state index contributed by atoms with van der Waals surface area (Å²) < 4.78 is 38.4. The van der Waals surface area contributed by atoms with Gasteiger partial charge in [0.1, 0.15) is 11.5 Å². The van der Waals surface area contributed by atoms with Gasteiger partial charge in [-0.1, -0.05) is 24.6 Å². The molecule has 1 aliphatic rings. The van der Waals surface area contributed by atoms with Gasteiger partial charge in [-0.15, -0.1) is 0 Å². The minimum absolute atomic E-state index is 0.0396. The van der Waals surface area contributed by atoms with Crippen LogP contribution >= 0.6 is 0 Å². The highest BCUT2D eigenvalue weighted by Crippen LogP contribution is 2.27. The van der Waals surface area contributed by atoms with Crippen LogP contribution in [0, 0.1) is 0 Å². The molecule has 1 heterocycles. The first-order valence-electron chi connectivity index (χ1n) is 10.9. The van der Waals surface area contributed by atoms with Gasteiger partial charge in [0.05, 0.1) is 19.1 Å². The smallest absolute Gasteiger partial charge is 0.243 e. The van der Waals surface area contributed by atoms with Crippen molar-refractivity contribution in [3.8, 4) is 11.5 Å². The van der Waals surface area contributed by atoms with Crippen LogP contribution in [0.3, 0.4) is 0 Å². The van der Waals surface area contributed by atoms with Crippen molar-refractivity contribution in [2.75, 3.05) is 34.4 Å². The van der Waals surface area contributed by atoms with E-state index in [1.165, 1.54) is 0 Å². The zero-order chi connectivity index (χ0) is 23.1. The molecule has 32 heavy (non-hydrogen) atoms. The van der Waals surface area contributed by atoms with Gasteiger partial charge < -0.3 is 14.4 Å². The Bertz CT molecular complexity index is 1030. The number of methoxy groups -OCH3 is 2. The monoisotopic (exact) mass is 460 g/mol. The summed E-state index contributed by atoms with van der Waals surface area (Å²) in [7, 11) is 1.37. The van der Waals surface area contributed by atoms with Gasteiger partial charge in [0, 0.05) is 38.7 Å². The molecule has 0 aliphatic carbocycles. The number of amides is 1. The first-order valence-corrected chi connectivity index (χ1v) is 12.3. The molecule has 2 aromatic rings. The molecule has 0 spiro atoms. The maximum Gasteiger partial charge on any atom is 0.243 e. The molecule has 1 saturated heterocycles. The lowest BCUT2D eigenvalue weighted by atomic mass is 10.1. The first-order chi connectivity index (χ1) is 15.4. The van der Waals surface area contributed by atoms with Crippen LogP contribution in [0.2, 0.25) is 0 Å². The van der Waals surface area contributed by atoms with E-state index in [-0.39, 0.29) is 17.2 Å². The van der Waals surface area contributed by atoms with Crippen LogP contribution in [0.4, 0.5) is 0 Å². The van der Waals surface area contributed by atoms with Gasteiger partial charge >= 0.3 is 0 Å². The van der Waals surface area contributed by atoms with Crippen LogP contribution < -0.4 is 9.47 Å².